The summed E-state index contributed by atoms with van der Waals surface area (Å²) >= 11 is 2.26. The van der Waals surface area contributed by atoms with E-state index in [0.29, 0.717) is 0 Å². The third-order valence-electron chi connectivity index (χ3n) is 2.91. The van der Waals surface area contributed by atoms with Crippen molar-refractivity contribution >= 4 is 24.1 Å². The summed E-state index contributed by atoms with van der Waals surface area (Å²) in [7, 11) is -0.981. The molecule has 2 aliphatic rings. The van der Waals surface area contributed by atoms with Crippen LogP contribution in [0.5, 0.6) is 0 Å². The van der Waals surface area contributed by atoms with Gasteiger partial charge in [0.15, 0.2) is 0 Å². The molecule has 0 N–H and O–H groups in total. The summed E-state index contributed by atoms with van der Waals surface area (Å²) in [4.78, 5) is 4.93. The Kier molecular flexibility index (Phi) is 3.61. The molecular weight excluding hydrogens is 218 g/mol. The molecule has 0 aliphatic heterocycles. The van der Waals surface area contributed by atoms with Crippen LogP contribution in [0.25, 0.3) is 0 Å². The molecule has 2 saturated carbocycles. The summed E-state index contributed by atoms with van der Waals surface area (Å²) in [6.45, 7) is 7.38. The molecule has 0 amide bonds. The lowest BCUT2D eigenvalue weighted by molar-refractivity contribution is 0.672. The third kappa shape index (κ3) is 3.95. The Morgan fingerprint density at radius 3 is 2.47 bits per heavy atom. The summed E-state index contributed by atoms with van der Waals surface area (Å²) in [5.41, 5.74) is 1.57. The van der Waals surface area contributed by atoms with E-state index >= 15 is 0 Å². The van der Waals surface area contributed by atoms with E-state index < -0.39 is 7.22 Å². The summed E-state index contributed by atoms with van der Waals surface area (Å²) < 4.78 is 0. The summed E-state index contributed by atoms with van der Waals surface area (Å²) in [6.07, 6.45) is 8.20. The van der Waals surface area contributed by atoms with Gasteiger partial charge in [0.1, 0.15) is 7.22 Å². The van der Waals surface area contributed by atoms with Gasteiger partial charge in [0.25, 0.3) is 0 Å². The Hall–Kier alpha value is 0.237. The first-order valence-electron chi connectivity index (χ1n) is 6.29. The molecule has 3 heteroatoms. The maximum atomic E-state index is 4.93. The van der Waals surface area contributed by atoms with Crippen LogP contribution in [0.2, 0.25) is 19.6 Å². The van der Waals surface area contributed by atoms with Crippen LogP contribution in [0.3, 0.4) is 0 Å². The summed E-state index contributed by atoms with van der Waals surface area (Å²) in [5.74, 6) is 0. The van der Waals surface area contributed by atoms with Crippen molar-refractivity contribution in [3.8, 4) is 0 Å². The third-order valence-corrected chi connectivity index (χ3v) is 7.39. The zero-order valence-corrected chi connectivity index (χ0v) is 12.1. The van der Waals surface area contributed by atoms with E-state index in [2.05, 4.69) is 30.9 Å². The van der Waals surface area contributed by atoms with Crippen LogP contribution in [-0.2, 0) is 0 Å². The second-order valence-corrected chi connectivity index (χ2v) is 15.2. The molecule has 1 unspecified atom stereocenters. The lowest BCUT2D eigenvalue weighted by atomic mass is 9.98. The SMILES string of the molecule is C[Si](C)(C)SC1CCCC/C1=N\C1CC1. The Morgan fingerprint density at radius 2 is 1.87 bits per heavy atom. The molecule has 2 aliphatic carbocycles. The fourth-order valence-electron chi connectivity index (χ4n) is 2.10. The van der Waals surface area contributed by atoms with Crippen LogP contribution in [0.15, 0.2) is 4.99 Å². The number of hydrogen-bond donors (Lipinski definition) is 0. The summed E-state index contributed by atoms with van der Waals surface area (Å²) in [6, 6.07) is 0.725. The highest BCUT2D eigenvalue weighted by atomic mass is 32.4. The van der Waals surface area contributed by atoms with E-state index in [4.69, 9.17) is 4.99 Å². The van der Waals surface area contributed by atoms with Crippen LogP contribution in [0.4, 0.5) is 0 Å². The Labute approximate surface area is 98.8 Å². The van der Waals surface area contributed by atoms with Gasteiger partial charge in [0.05, 0.1) is 6.04 Å². The van der Waals surface area contributed by atoms with E-state index in [9.17, 15) is 0 Å². The smallest absolute Gasteiger partial charge is 0.109 e. The number of hydrogen-bond acceptors (Lipinski definition) is 2. The standard InChI is InChI=1S/C12H23NSSi/c1-15(2,3)14-12-7-5-4-6-11(12)13-10-8-9-10/h10,12H,4-9H2,1-3H3/b13-11+. The molecule has 2 rings (SSSR count). The maximum Gasteiger partial charge on any atom is 0.109 e. The number of nitrogens with zero attached hydrogens (tertiary/aromatic N) is 1. The molecule has 0 radical (unpaired) electrons. The van der Waals surface area contributed by atoms with Crippen molar-refractivity contribution < 1.29 is 0 Å². The highest BCUT2D eigenvalue weighted by molar-refractivity contribution is 8.29. The fraction of sp³-hybridized carbons (Fsp3) is 0.917. The Bertz CT molecular complexity index is 253. The van der Waals surface area contributed by atoms with E-state index in [1.807, 2.05) is 0 Å². The number of aliphatic imine (C=N–C) groups is 1. The van der Waals surface area contributed by atoms with Gasteiger partial charge < -0.3 is 0 Å². The molecule has 0 bridgehead atoms. The van der Waals surface area contributed by atoms with Crippen molar-refractivity contribution in [1.29, 1.82) is 0 Å². The van der Waals surface area contributed by atoms with Gasteiger partial charge in [0, 0.05) is 11.0 Å². The first-order chi connectivity index (χ1) is 7.04. The van der Waals surface area contributed by atoms with Crippen molar-refractivity contribution in [2.75, 3.05) is 0 Å². The molecule has 1 atom stereocenters. The maximum absolute atomic E-state index is 4.93. The number of rotatable bonds is 3. The molecule has 0 saturated heterocycles. The zero-order valence-electron chi connectivity index (χ0n) is 10.3. The largest absolute Gasteiger partial charge is 0.290 e. The average molecular weight is 241 g/mol. The van der Waals surface area contributed by atoms with Gasteiger partial charge in [-0.05, 0) is 32.1 Å². The van der Waals surface area contributed by atoms with Gasteiger partial charge in [0.2, 0.25) is 0 Å². The highest BCUT2D eigenvalue weighted by Crippen LogP contribution is 2.35. The highest BCUT2D eigenvalue weighted by Gasteiger charge is 2.29. The van der Waals surface area contributed by atoms with Crippen LogP contribution in [0, 0.1) is 0 Å². The van der Waals surface area contributed by atoms with Gasteiger partial charge in [-0.1, -0.05) is 26.1 Å². The first kappa shape index (κ1) is 11.7. The average Bonchev–Trinajstić information content (AvgIpc) is 2.89. The zero-order chi connectivity index (χ0) is 10.9. The van der Waals surface area contributed by atoms with Crippen LogP contribution in [-0.4, -0.2) is 24.2 Å². The molecule has 0 aromatic carbocycles. The second kappa shape index (κ2) is 4.62. The Morgan fingerprint density at radius 1 is 1.13 bits per heavy atom. The second-order valence-electron chi connectivity index (χ2n) is 5.82. The van der Waals surface area contributed by atoms with Crippen LogP contribution in [0.1, 0.15) is 38.5 Å². The predicted octanol–water partition coefficient (Wildman–Crippen LogP) is 4.10. The normalized spacial score (nSPS) is 30.9. The molecule has 0 aromatic rings. The van der Waals surface area contributed by atoms with Crippen molar-refractivity contribution in [3.05, 3.63) is 0 Å². The first-order valence-corrected chi connectivity index (χ1v) is 11.4. The van der Waals surface area contributed by atoms with Gasteiger partial charge in [-0.2, -0.15) is 11.2 Å². The topological polar surface area (TPSA) is 12.4 Å². The molecule has 0 aromatic heterocycles. The lowest BCUT2D eigenvalue weighted by Crippen LogP contribution is -2.29. The molecule has 0 heterocycles. The minimum Gasteiger partial charge on any atom is -0.290 e. The molecule has 86 valence electrons. The lowest BCUT2D eigenvalue weighted by Gasteiger charge is -2.29. The minimum atomic E-state index is -0.981. The van der Waals surface area contributed by atoms with Gasteiger partial charge >= 0.3 is 0 Å². The van der Waals surface area contributed by atoms with Crippen molar-refractivity contribution in [1.82, 2.24) is 0 Å². The van der Waals surface area contributed by atoms with E-state index in [1.165, 1.54) is 38.5 Å². The van der Waals surface area contributed by atoms with Gasteiger partial charge in [-0.15, -0.1) is 0 Å². The summed E-state index contributed by atoms with van der Waals surface area (Å²) in [5, 5.41) is 0.783. The Balaban J connectivity index is 1.99. The molecule has 2 fully saturated rings. The monoisotopic (exact) mass is 241 g/mol. The van der Waals surface area contributed by atoms with E-state index in [-0.39, 0.29) is 0 Å². The van der Waals surface area contributed by atoms with Gasteiger partial charge in [-0.3, -0.25) is 4.99 Å². The van der Waals surface area contributed by atoms with Gasteiger partial charge in [-0.25, -0.2) is 0 Å². The fourth-order valence-corrected chi connectivity index (χ4v) is 6.88. The van der Waals surface area contributed by atoms with Crippen molar-refractivity contribution in [2.45, 2.75) is 69.5 Å². The van der Waals surface area contributed by atoms with Crippen LogP contribution >= 0.6 is 11.2 Å². The quantitative estimate of drug-likeness (QED) is 0.678. The van der Waals surface area contributed by atoms with Crippen molar-refractivity contribution in [2.24, 2.45) is 4.99 Å². The van der Waals surface area contributed by atoms with E-state index in [0.717, 1.165) is 11.3 Å². The van der Waals surface area contributed by atoms with E-state index in [1.54, 1.807) is 5.71 Å². The molecular formula is C12H23NSSi. The molecule has 0 spiro atoms. The molecule has 1 nitrogen and oxygen atoms in total. The van der Waals surface area contributed by atoms with Crippen LogP contribution < -0.4 is 0 Å². The molecule has 15 heavy (non-hydrogen) atoms. The van der Waals surface area contributed by atoms with Crippen molar-refractivity contribution in [3.63, 3.8) is 0 Å². The predicted molar refractivity (Wildman–Crippen MR) is 73.7 cm³/mol. The minimum absolute atomic E-state index is 0.725.